The van der Waals surface area contributed by atoms with Crippen molar-refractivity contribution in [2.45, 2.75) is 361 Å². The number of rotatable bonds is 57. The molecule has 0 aromatic rings. The van der Waals surface area contributed by atoms with Crippen LogP contribution in [0.2, 0.25) is 0 Å². The van der Waals surface area contributed by atoms with Gasteiger partial charge in [-0.2, -0.15) is 0 Å². The number of hydrogen-bond acceptors (Lipinski definition) is 6. The largest absolute Gasteiger partial charge is 0.462 e. The van der Waals surface area contributed by atoms with E-state index in [4.69, 9.17) is 14.2 Å². The van der Waals surface area contributed by atoms with Gasteiger partial charge in [-0.05, 0) is 19.3 Å². The van der Waals surface area contributed by atoms with Crippen molar-refractivity contribution in [3.8, 4) is 0 Å². The van der Waals surface area contributed by atoms with Crippen LogP contribution < -0.4 is 0 Å². The molecule has 0 rings (SSSR count). The molecule has 1 unspecified atom stereocenters. The Morgan fingerprint density at radius 1 is 0.239 bits per heavy atom. The zero-order valence-corrected chi connectivity index (χ0v) is 45.7. The second-order valence-corrected chi connectivity index (χ2v) is 21.0. The molecule has 1 atom stereocenters. The van der Waals surface area contributed by atoms with E-state index in [1.54, 1.807) is 0 Å². The van der Waals surface area contributed by atoms with Gasteiger partial charge in [-0.15, -0.1) is 0 Å². The predicted molar refractivity (Wildman–Crippen MR) is 289 cm³/mol. The number of carbonyl (C=O) groups is 3. The lowest BCUT2D eigenvalue weighted by molar-refractivity contribution is -0.167. The molecule has 0 aliphatic carbocycles. The van der Waals surface area contributed by atoms with Crippen molar-refractivity contribution >= 4 is 17.9 Å². The van der Waals surface area contributed by atoms with Crippen LogP contribution in [-0.2, 0) is 28.6 Å². The number of esters is 3. The minimum absolute atomic E-state index is 0.0607. The van der Waals surface area contributed by atoms with Gasteiger partial charge in [0.05, 0.1) is 0 Å². The van der Waals surface area contributed by atoms with Gasteiger partial charge in [-0.1, -0.05) is 316 Å². The van der Waals surface area contributed by atoms with Gasteiger partial charge in [0.25, 0.3) is 0 Å². The smallest absolute Gasteiger partial charge is 0.306 e. The van der Waals surface area contributed by atoms with Crippen molar-refractivity contribution in [1.82, 2.24) is 0 Å². The minimum atomic E-state index is -0.761. The molecule has 398 valence electrons. The monoisotopic (exact) mass is 947 g/mol. The highest BCUT2D eigenvalue weighted by Crippen LogP contribution is 2.18. The fraction of sp³-hybridized carbons (Fsp3) is 0.951. The number of ether oxygens (including phenoxy) is 3. The quantitative estimate of drug-likeness (QED) is 0.0343. The summed E-state index contributed by atoms with van der Waals surface area (Å²) in [5.74, 6) is -0.828. The molecule has 6 heteroatoms. The van der Waals surface area contributed by atoms with E-state index in [1.807, 2.05) is 0 Å². The van der Waals surface area contributed by atoms with Crippen LogP contribution in [0.15, 0.2) is 0 Å². The van der Waals surface area contributed by atoms with E-state index in [9.17, 15) is 14.4 Å². The van der Waals surface area contributed by atoms with Crippen LogP contribution in [0, 0.1) is 0 Å². The van der Waals surface area contributed by atoms with Crippen molar-refractivity contribution in [2.75, 3.05) is 13.2 Å². The summed E-state index contributed by atoms with van der Waals surface area (Å²) in [6.07, 6.45) is 63.8. The molecule has 0 fully saturated rings. The molecule has 0 bridgehead atoms. The van der Waals surface area contributed by atoms with E-state index in [2.05, 4.69) is 20.8 Å². The van der Waals surface area contributed by atoms with E-state index in [1.165, 1.54) is 257 Å². The molecule has 0 radical (unpaired) electrons. The van der Waals surface area contributed by atoms with E-state index in [0.717, 1.165) is 57.8 Å². The zero-order chi connectivity index (χ0) is 48.6. The Bertz CT molecular complexity index is 998. The molecule has 0 aromatic heterocycles. The Kier molecular flexibility index (Phi) is 55.6. The second-order valence-electron chi connectivity index (χ2n) is 21.0. The third kappa shape index (κ3) is 55.2. The number of unbranched alkanes of at least 4 members (excludes halogenated alkanes) is 46. The average Bonchev–Trinajstić information content (AvgIpc) is 3.33. The Balaban J connectivity index is 4.27. The van der Waals surface area contributed by atoms with E-state index in [-0.39, 0.29) is 31.1 Å². The molecular formula is C61H118O6. The average molecular weight is 948 g/mol. The summed E-state index contributed by atoms with van der Waals surface area (Å²) in [4.78, 5) is 38.2. The zero-order valence-electron chi connectivity index (χ0n) is 45.7. The van der Waals surface area contributed by atoms with Crippen LogP contribution in [0.1, 0.15) is 355 Å². The Morgan fingerprint density at radius 2 is 0.403 bits per heavy atom. The van der Waals surface area contributed by atoms with E-state index >= 15 is 0 Å². The van der Waals surface area contributed by atoms with Crippen LogP contribution in [0.5, 0.6) is 0 Å². The van der Waals surface area contributed by atoms with Crippen LogP contribution in [-0.4, -0.2) is 37.2 Å². The summed E-state index contributed by atoms with van der Waals surface area (Å²) < 4.78 is 16.9. The maximum absolute atomic E-state index is 12.9. The topological polar surface area (TPSA) is 78.9 Å². The maximum Gasteiger partial charge on any atom is 0.306 e. The SMILES string of the molecule is CCCCCCCCCCCCCCCCCCCCCC(=O)OCC(COC(=O)CCCCCCCCCCCCCCCCC)OC(=O)CCCCCCCCCCCCCCCCC. The predicted octanol–water partition coefficient (Wildman–Crippen LogP) is 20.3. The van der Waals surface area contributed by atoms with Gasteiger partial charge >= 0.3 is 17.9 Å². The van der Waals surface area contributed by atoms with Gasteiger partial charge in [-0.3, -0.25) is 14.4 Å². The highest BCUT2D eigenvalue weighted by atomic mass is 16.6. The third-order valence-electron chi connectivity index (χ3n) is 14.1. The van der Waals surface area contributed by atoms with Crippen molar-refractivity contribution in [3.63, 3.8) is 0 Å². The van der Waals surface area contributed by atoms with Gasteiger partial charge in [-0.25, -0.2) is 0 Å². The van der Waals surface area contributed by atoms with Crippen LogP contribution in [0.25, 0.3) is 0 Å². The van der Waals surface area contributed by atoms with Crippen LogP contribution in [0.3, 0.4) is 0 Å². The normalized spacial score (nSPS) is 11.9. The minimum Gasteiger partial charge on any atom is -0.462 e. The van der Waals surface area contributed by atoms with Crippen molar-refractivity contribution < 1.29 is 28.6 Å². The summed E-state index contributed by atoms with van der Waals surface area (Å²) in [7, 11) is 0. The first kappa shape index (κ1) is 65.4. The van der Waals surface area contributed by atoms with Gasteiger partial charge in [0, 0.05) is 19.3 Å². The summed E-state index contributed by atoms with van der Waals surface area (Å²) in [6.45, 7) is 6.72. The van der Waals surface area contributed by atoms with Gasteiger partial charge in [0.15, 0.2) is 6.10 Å². The highest BCUT2D eigenvalue weighted by molar-refractivity contribution is 5.71. The van der Waals surface area contributed by atoms with Gasteiger partial charge < -0.3 is 14.2 Å². The molecule has 0 aromatic carbocycles. The molecular weight excluding hydrogens is 829 g/mol. The molecule has 0 N–H and O–H groups in total. The van der Waals surface area contributed by atoms with Gasteiger partial charge in [0.1, 0.15) is 13.2 Å². The molecule has 0 saturated heterocycles. The summed E-state index contributed by atoms with van der Waals surface area (Å²) >= 11 is 0. The Labute approximate surface area is 418 Å². The third-order valence-corrected chi connectivity index (χ3v) is 14.1. The lowest BCUT2D eigenvalue weighted by Gasteiger charge is -2.18. The lowest BCUT2D eigenvalue weighted by atomic mass is 10.0. The fourth-order valence-electron chi connectivity index (χ4n) is 9.51. The van der Waals surface area contributed by atoms with Crippen molar-refractivity contribution in [3.05, 3.63) is 0 Å². The summed E-state index contributed by atoms with van der Waals surface area (Å²) in [5, 5.41) is 0. The van der Waals surface area contributed by atoms with Gasteiger partial charge in [0.2, 0.25) is 0 Å². The number of carbonyl (C=O) groups excluding carboxylic acids is 3. The summed E-state index contributed by atoms with van der Waals surface area (Å²) in [6, 6.07) is 0. The van der Waals surface area contributed by atoms with Crippen LogP contribution in [0.4, 0.5) is 0 Å². The molecule has 67 heavy (non-hydrogen) atoms. The second kappa shape index (κ2) is 57.0. The molecule has 0 heterocycles. The molecule has 6 nitrogen and oxygen atoms in total. The highest BCUT2D eigenvalue weighted by Gasteiger charge is 2.19. The van der Waals surface area contributed by atoms with Crippen molar-refractivity contribution in [2.24, 2.45) is 0 Å². The fourth-order valence-corrected chi connectivity index (χ4v) is 9.51. The molecule has 0 amide bonds. The van der Waals surface area contributed by atoms with E-state index < -0.39 is 6.10 Å². The molecule has 0 aliphatic rings. The number of hydrogen-bond donors (Lipinski definition) is 0. The Hall–Kier alpha value is -1.59. The maximum atomic E-state index is 12.9. The molecule has 0 saturated carbocycles. The first-order valence-corrected chi connectivity index (χ1v) is 30.5. The lowest BCUT2D eigenvalue weighted by Crippen LogP contribution is -2.30. The summed E-state index contributed by atoms with van der Waals surface area (Å²) in [5.41, 5.74) is 0. The standard InChI is InChI=1S/C61H118O6/c1-4-7-10-13-16-19-22-25-28-29-30-31-34-36-39-42-45-48-51-54-60(63)66-57-58(67-61(64)55-52-49-46-43-40-37-33-27-24-21-18-15-12-9-6-3)56-65-59(62)53-50-47-44-41-38-35-32-26-23-20-17-14-11-8-5-2/h58H,4-57H2,1-3H3. The van der Waals surface area contributed by atoms with Crippen molar-refractivity contribution in [1.29, 1.82) is 0 Å². The van der Waals surface area contributed by atoms with E-state index in [0.29, 0.717) is 19.3 Å². The first-order chi connectivity index (χ1) is 33.0. The Morgan fingerprint density at radius 3 is 0.597 bits per heavy atom. The molecule has 0 spiro atoms. The first-order valence-electron chi connectivity index (χ1n) is 30.5. The molecule has 0 aliphatic heterocycles. The van der Waals surface area contributed by atoms with Crippen LogP contribution >= 0.6 is 0 Å².